The zero-order valence-corrected chi connectivity index (χ0v) is 12.2. The van der Waals surface area contributed by atoms with Gasteiger partial charge in [-0.05, 0) is 25.8 Å². The van der Waals surface area contributed by atoms with Gasteiger partial charge in [0.25, 0.3) is 0 Å². The van der Waals surface area contributed by atoms with Crippen molar-refractivity contribution in [2.75, 3.05) is 6.54 Å². The molecule has 1 fully saturated rings. The molecule has 1 saturated carbocycles. The third-order valence-electron chi connectivity index (χ3n) is 3.42. The zero-order chi connectivity index (χ0) is 13.1. The minimum absolute atomic E-state index is 0.729. The number of nitrogens with one attached hydrogen (secondary N) is 1. The smallest absolute Gasteiger partial charge is 0.123 e. The van der Waals surface area contributed by atoms with Gasteiger partial charge in [0.05, 0.1) is 5.69 Å². The fourth-order valence-corrected chi connectivity index (χ4v) is 3.37. The Bertz CT molecular complexity index is 529. The predicted octanol–water partition coefficient (Wildman–Crippen LogP) is 4.19. The lowest BCUT2D eigenvalue weighted by molar-refractivity contribution is 0.676. The van der Waals surface area contributed by atoms with E-state index < -0.39 is 0 Å². The van der Waals surface area contributed by atoms with Crippen LogP contribution in [0.4, 0.5) is 0 Å². The van der Waals surface area contributed by atoms with Crippen molar-refractivity contribution in [3.8, 4) is 10.6 Å². The molecule has 0 amide bonds. The van der Waals surface area contributed by atoms with Gasteiger partial charge >= 0.3 is 0 Å². The summed E-state index contributed by atoms with van der Waals surface area (Å²) >= 11 is 1.86. The van der Waals surface area contributed by atoms with Crippen molar-refractivity contribution in [2.24, 2.45) is 0 Å². The summed E-state index contributed by atoms with van der Waals surface area (Å²) in [6, 6.07) is 10.5. The maximum absolute atomic E-state index is 4.90. The van der Waals surface area contributed by atoms with Crippen molar-refractivity contribution in [3.63, 3.8) is 0 Å². The minimum Gasteiger partial charge on any atom is -0.312 e. The van der Waals surface area contributed by atoms with Crippen molar-refractivity contribution >= 4 is 11.3 Å². The molecule has 2 aromatic rings. The highest BCUT2D eigenvalue weighted by Crippen LogP contribution is 2.44. The Morgan fingerprint density at radius 1 is 1.26 bits per heavy atom. The molecule has 1 aromatic carbocycles. The third-order valence-corrected chi connectivity index (χ3v) is 4.54. The second-order valence-corrected chi connectivity index (χ2v) is 6.23. The molecule has 0 bridgehead atoms. The molecule has 0 unspecified atom stereocenters. The van der Waals surface area contributed by atoms with E-state index in [1.54, 1.807) is 0 Å². The SMILES string of the molecule is CCCNCc1sc(-c2ccccc2)nc1C1CC1. The van der Waals surface area contributed by atoms with Crippen LogP contribution in [0.3, 0.4) is 0 Å². The van der Waals surface area contributed by atoms with Crippen LogP contribution in [-0.2, 0) is 6.54 Å². The molecular weight excluding hydrogens is 252 g/mol. The standard InChI is InChI=1S/C16H20N2S/c1-2-10-17-11-14-15(12-8-9-12)18-16(19-14)13-6-4-3-5-7-13/h3-7,12,17H,2,8-11H2,1H3. The molecule has 19 heavy (non-hydrogen) atoms. The van der Waals surface area contributed by atoms with Gasteiger partial charge in [-0.15, -0.1) is 11.3 Å². The Morgan fingerprint density at radius 3 is 2.74 bits per heavy atom. The van der Waals surface area contributed by atoms with Crippen molar-refractivity contribution in [2.45, 2.75) is 38.6 Å². The van der Waals surface area contributed by atoms with Gasteiger partial charge in [-0.25, -0.2) is 4.98 Å². The van der Waals surface area contributed by atoms with Gasteiger partial charge in [-0.1, -0.05) is 37.3 Å². The molecule has 100 valence electrons. The van der Waals surface area contributed by atoms with E-state index in [0.29, 0.717) is 0 Å². The highest BCUT2D eigenvalue weighted by molar-refractivity contribution is 7.15. The van der Waals surface area contributed by atoms with E-state index in [2.05, 4.69) is 42.6 Å². The van der Waals surface area contributed by atoms with Crippen LogP contribution in [0, 0.1) is 0 Å². The molecule has 0 aliphatic heterocycles. The summed E-state index contributed by atoms with van der Waals surface area (Å²) in [7, 11) is 0. The Balaban J connectivity index is 1.84. The molecule has 0 spiro atoms. The van der Waals surface area contributed by atoms with E-state index in [4.69, 9.17) is 4.98 Å². The summed E-state index contributed by atoms with van der Waals surface area (Å²) in [5.41, 5.74) is 2.60. The van der Waals surface area contributed by atoms with Crippen molar-refractivity contribution in [3.05, 3.63) is 40.9 Å². The lowest BCUT2D eigenvalue weighted by Gasteiger charge is -2.01. The maximum atomic E-state index is 4.90. The summed E-state index contributed by atoms with van der Waals surface area (Å²) in [5.74, 6) is 0.729. The van der Waals surface area contributed by atoms with Gasteiger partial charge in [0.2, 0.25) is 0 Å². The van der Waals surface area contributed by atoms with E-state index >= 15 is 0 Å². The van der Waals surface area contributed by atoms with E-state index in [1.165, 1.54) is 40.4 Å². The first-order chi connectivity index (χ1) is 9.38. The molecule has 1 aromatic heterocycles. The summed E-state index contributed by atoms with van der Waals surface area (Å²) in [6.45, 7) is 4.27. The minimum atomic E-state index is 0.729. The number of hydrogen-bond donors (Lipinski definition) is 1. The number of hydrogen-bond acceptors (Lipinski definition) is 3. The van der Waals surface area contributed by atoms with Gasteiger partial charge < -0.3 is 5.32 Å². The largest absolute Gasteiger partial charge is 0.312 e. The third kappa shape index (κ3) is 3.04. The Labute approximate surface area is 118 Å². The van der Waals surface area contributed by atoms with E-state index in [0.717, 1.165) is 19.0 Å². The van der Waals surface area contributed by atoms with Crippen LogP contribution >= 0.6 is 11.3 Å². The molecule has 2 nitrogen and oxygen atoms in total. The van der Waals surface area contributed by atoms with E-state index in [1.807, 2.05) is 11.3 Å². The van der Waals surface area contributed by atoms with E-state index in [-0.39, 0.29) is 0 Å². The quantitative estimate of drug-likeness (QED) is 0.798. The Morgan fingerprint density at radius 2 is 2.05 bits per heavy atom. The van der Waals surface area contributed by atoms with Gasteiger partial charge in [0.1, 0.15) is 5.01 Å². The average Bonchev–Trinajstić information content (AvgIpc) is 3.21. The monoisotopic (exact) mass is 272 g/mol. The lowest BCUT2D eigenvalue weighted by Crippen LogP contribution is -2.13. The second kappa shape index (κ2) is 5.85. The van der Waals surface area contributed by atoms with Gasteiger partial charge in [0, 0.05) is 22.9 Å². The predicted molar refractivity (Wildman–Crippen MR) is 81.5 cm³/mol. The average molecular weight is 272 g/mol. The van der Waals surface area contributed by atoms with Gasteiger partial charge in [-0.2, -0.15) is 0 Å². The first-order valence-corrected chi connectivity index (χ1v) is 7.96. The molecule has 0 radical (unpaired) electrons. The van der Waals surface area contributed by atoms with Gasteiger partial charge in [-0.3, -0.25) is 0 Å². The Hall–Kier alpha value is -1.19. The maximum Gasteiger partial charge on any atom is 0.123 e. The highest BCUT2D eigenvalue weighted by atomic mass is 32.1. The van der Waals surface area contributed by atoms with Crippen LogP contribution in [0.15, 0.2) is 30.3 Å². The summed E-state index contributed by atoms with van der Waals surface area (Å²) in [5, 5.41) is 4.69. The first-order valence-electron chi connectivity index (χ1n) is 7.14. The molecular formula is C16H20N2S. The molecule has 3 heteroatoms. The van der Waals surface area contributed by atoms with Crippen molar-refractivity contribution in [1.82, 2.24) is 10.3 Å². The molecule has 1 aliphatic rings. The van der Waals surface area contributed by atoms with Crippen LogP contribution in [0.2, 0.25) is 0 Å². The van der Waals surface area contributed by atoms with Gasteiger partial charge in [0.15, 0.2) is 0 Å². The molecule has 0 saturated heterocycles. The fourth-order valence-electron chi connectivity index (χ4n) is 2.25. The normalized spacial score (nSPS) is 14.8. The molecule has 1 heterocycles. The van der Waals surface area contributed by atoms with Crippen molar-refractivity contribution < 1.29 is 0 Å². The molecule has 1 N–H and O–H groups in total. The molecule has 0 atom stereocenters. The van der Waals surface area contributed by atoms with Crippen LogP contribution in [0.25, 0.3) is 10.6 Å². The lowest BCUT2D eigenvalue weighted by atomic mass is 10.2. The summed E-state index contributed by atoms with van der Waals surface area (Å²) < 4.78 is 0. The topological polar surface area (TPSA) is 24.9 Å². The number of thiazole rings is 1. The summed E-state index contributed by atoms with van der Waals surface area (Å²) in [4.78, 5) is 6.34. The number of aromatic nitrogens is 1. The first kappa shape index (κ1) is 12.8. The van der Waals surface area contributed by atoms with Crippen LogP contribution in [0.5, 0.6) is 0 Å². The zero-order valence-electron chi connectivity index (χ0n) is 11.4. The molecule has 3 rings (SSSR count). The number of rotatable bonds is 6. The molecule has 1 aliphatic carbocycles. The van der Waals surface area contributed by atoms with Crippen LogP contribution < -0.4 is 5.32 Å². The number of benzene rings is 1. The van der Waals surface area contributed by atoms with E-state index in [9.17, 15) is 0 Å². The summed E-state index contributed by atoms with van der Waals surface area (Å²) in [6.07, 6.45) is 3.82. The Kier molecular flexibility index (Phi) is 3.95. The second-order valence-electron chi connectivity index (χ2n) is 5.14. The van der Waals surface area contributed by atoms with Crippen molar-refractivity contribution in [1.29, 1.82) is 0 Å². The fraction of sp³-hybridized carbons (Fsp3) is 0.438. The van der Waals surface area contributed by atoms with Crippen LogP contribution in [-0.4, -0.2) is 11.5 Å². The number of nitrogens with zero attached hydrogens (tertiary/aromatic N) is 1. The highest BCUT2D eigenvalue weighted by Gasteiger charge is 2.29. The van der Waals surface area contributed by atoms with Crippen LogP contribution in [0.1, 0.15) is 42.7 Å².